The molecule has 154 valence electrons. The van der Waals surface area contributed by atoms with Gasteiger partial charge in [-0.3, -0.25) is 4.79 Å². The van der Waals surface area contributed by atoms with Crippen molar-refractivity contribution in [3.63, 3.8) is 0 Å². The van der Waals surface area contributed by atoms with Gasteiger partial charge >= 0.3 is 5.97 Å². The molecule has 0 spiro atoms. The van der Waals surface area contributed by atoms with Crippen molar-refractivity contribution in [3.05, 3.63) is 53.6 Å². The number of carbonyl (C=O) groups excluding carboxylic acids is 2. The first kappa shape index (κ1) is 20.7. The average molecular weight is 396 g/mol. The Morgan fingerprint density at radius 2 is 1.69 bits per heavy atom. The number of carbonyl (C=O) groups is 2. The van der Waals surface area contributed by atoms with E-state index in [1.807, 2.05) is 56.3 Å². The van der Waals surface area contributed by atoms with Crippen LogP contribution < -0.4 is 15.0 Å². The topological polar surface area (TPSA) is 67.9 Å². The first-order valence-electron chi connectivity index (χ1n) is 10.0. The van der Waals surface area contributed by atoms with Crippen LogP contribution in [0.1, 0.15) is 30.4 Å². The lowest BCUT2D eigenvalue weighted by Gasteiger charge is -2.28. The highest BCUT2D eigenvalue weighted by Crippen LogP contribution is 2.22. The molecule has 1 fully saturated rings. The van der Waals surface area contributed by atoms with Gasteiger partial charge in [0.15, 0.2) is 13.2 Å². The summed E-state index contributed by atoms with van der Waals surface area (Å²) >= 11 is 0. The van der Waals surface area contributed by atoms with Gasteiger partial charge in [-0.25, -0.2) is 4.79 Å². The van der Waals surface area contributed by atoms with E-state index in [2.05, 4.69) is 10.2 Å². The fourth-order valence-corrected chi connectivity index (χ4v) is 3.29. The first-order valence-corrected chi connectivity index (χ1v) is 10.0. The predicted octanol–water partition coefficient (Wildman–Crippen LogP) is 3.85. The number of anilines is 2. The zero-order chi connectivity index (χ0) is 20.6. The van der Waals surface area contributed by atoms with Gasteiger partial charge < -0.3 is 19.7 Å². The monoisotopic (exact) mass is 396 g/mol. The minimum Gasteiger partial charge on any atom is -0.482 e. The van der Waals surface area contributed by atoms with Crippen LogP contribution in [0.4, 0.5) is 11.4 Å². The van der Waals surface area contributed by atoms with Gasteiger partial charge in [0.05, 0.1) is 0 Å². The fourth-order valence-electron chi connectivity index (χ4n) is 3.29. The van der Waals surface area contributed by atoms with Gasteiger partial charge in [0.2, 0.25) is 0 Å². The number of hydrogen-bond acceptors (Lipinski definition) is 5. The number of amides is 1. The van der Waals surface area contributed by atoms with Gasteiger partial charge in [-0.15, -0.1) is 0 Å². The van der Waals surface area contributed by atoms with Gasteiger partial charge in [-0.1, -0.05) is 12.1 Å². The maximum Gasteiger partial charge on any atom is 0.344 e. The number of rotatable bonds is 7. The Labute approximate surface area is 171 Å². The van der Waals surface area contributed by atoms with E-state index in [1.165, 1.54) is 19.3 Å². The molecule has 0 unspecified atom stereocenters. The Morgan fingerprint density at radius 3 is 2.41 bits per heavy atom. The first-order chi connectivity index (χ1) is 14.0. The number of hydrogen-bond donors (Lipinski definition) is 1. The molecule has 0 saturated carbocycles. The number of esters is 1. The maximum atomic E-state index is 12.0. The second kappa shape index (κ2) is 9.96. The molecule has 6 nitrogen and oxygen atoms in total. The average Bonchev–Trinajstić information content (AvgIpc) is 2.74. The van der Waals surface area contributed by atoms with Gasteiger partial charge in [-0.05, 0) is 74.6 Å². The predicted molar refractivity (Wildman–Crippen MR) is 114 cm³/mol. The Kier molecular flexibility index (Phi) is 7.11. The van der Waals surface area contributed by atoms with Crippen LogP contribution in [0.5, 0.6) is 5.75 Å². The summed E-state index contributed by atoms with van der Waals surface area (Å²) in [4.78, 5) is 26.2. The molecule has 0 aliphatic carbocycles. The van der Waals surface area contributed by atoms with Crippen LogP contribution in [0.2, 0.25) is 0 Å². The highest BCUT2D eigenvalue weighted by Gasteiger charge is 2.12. The molecular formula is C23H28N2O4. The third kappa shape index (κ3) is 6.24. The van der Waals surface area contributed by atoms with Crippen LogP contribution in [0.3, 0.4) is 0 Å². The molecular weight excluding hydrogens is 368 g/mol. The summed E-state index contributed by atoms with van der Waals surface area (Å²) in [6.45, 7) is 5.43. The lowest BCUT2D eigenvalue weighted by Crippen LogP contribution is -2.29. The highest BCUT2D eigenvalue weighted by molar-refractivity contribution is 5.93. The van der Waals surface area contributed by atoms with E-state index in [-0.39, 0.29) is 19.1 Å². The van der Waals surface area contributed by atoms with Crippen LogP contribution in [-0.4, -0.2) is 38.2 Å². The number of benzene rings is 2. The number of nitrogens with zero attached hydrogens (tertiary/aromatic N) is 1. The number of piperidine rings is 1. The summed E-state index contributed by atoms with van der Waals surface area (Å²) in [5.74, 6) is -0.322. The van der Waals surface area contributed by atoms with Crippen molar-refractivity contribution in [2.24, 2.45) is 0 Å². The second-order valence-electron chi connectivity index (χ2n) is 7.36. The smallest absolute Gasteiger partial charge is 0.344 e. The summed E-state index contributed by atoms with van der Waals surface area (Å²) in [6.07, 6.45) is 3.73. The summed E-state index contributed by atoms with van der Waals surface area (Å²) in [5, 5.41) is 2.74. The number of nitrogens with one attached hydrogen (secondary N) is 1. The Hall–Kier alpha value is -3.02. The summed E-state index contributed by atoms with van der Waals surface area (Å²) in [5.41, 5.74) is 3.83. The molecule has 29 heavy (non-hydrogen) atoms. The van der Waals surface area contributed by atoms with Crippen molar-refractivity contribution in [1.82, 2.24) is 0 Å². The van der Waals surface area contributed by atoms with E-state index in [0.29, 0.717) is 11.4 Å². The van der Waals surface area contributed by atoms with Crippen molar-refractivity contribution in [2.45, 2.75) is 33.1 Å². The molecule has 6 heteroatoms. The number of aryl methyl sites for hydroxylation is 2. The molecule has 3 rings (SSSR count). The van der Waals surface area contributed by atoms with Crippen LogP contribution >= 0.6 is 0 Å². The minimum atomic E-state index is -0.582. The molecule has 0 aromatic heterocycles. The van der Waals surface area contributed by atoms with E-state index in [1.54, 1.807) is 0 Å². The van der Waals surface area contributed by atoms with Crippen LogP contribution in [-0.2, 0) is 14.3 Å². The normalized spacial score (nSPS) is 13.7. The van der Waals surface area contributed by atoms with E-state index in [9.17, 15) is 9.59 Å². The lowest BCUT2D eigenvalue weighted by atomic mass is 10.1. The number of ether oxygens (including phenoxy) is 2. The van der Waals surface area contributed by atoms with E-state index in [4.69, 9.17) is 9.47 Å². The Balaban J connectivity index is 1.41. The van der Waals surface area contributed by atoms with Gasteiger partial charge in [0, 0.05) is 24.5 Å². The van der Waals surface area contributed by atoms with E-state index in [0.717, 1.165) is 29.9 Å². The van der Waals surface area contributed by atoms with Gasteiger partial charge in [-0.2, -0.15) is 0 Å². The van der Waals surface area contributed by atoms with Gasteiger partial charge in [0.1, 0.15) is 5.75 Å². The largest absolute Gasteiger partial charge is 0.482 e. The maximum absolute atomic E-state index is 12.0. The van der Waals surface area contributed by atoms with E-state index < -0.39 is 5.97 Å². The van der Waals surface area contributed by atoms with E-state index >= 15 is 0 Å². The molecule has 0 bridgehead atoms. The highest BCUT2D eigenvalue weighted by atomic mass is 16.6. The van der Waals surface area contributed by atoms with Crippen molar-refractivity contribution < 1.29 is 19.1 Å². The molecule has 1 amide bonds. The lowest BCUT2D eigenvalue weighted by molar-refractivity contribution is -0.149. The molecule has 0 radical (unpaired) electrons. The molecule has 0 atom stereocenters. The zero-order valence-electron chi connectivity index (χ0n) is 17.1. The standard InChI is InChI=1S/C23H28N2O4/c1-17-6-7-18(2)21(14-17)28-16-23(27)29-15-22(26)24-19-8-10-20(11-9-19)25-12-4-3-5-13-25/h6-11,14H,3-5,12-13,15-16H2,1-2H3,(H,24,26). The molecule has 2 aromatic carbocycles. The second-order valence-corrected chi connectivity index (χ2v) is 7.36. The zero-order valence-corrected chi connectivity index (χ0v) is 17.1. The Bertz CT molecular complexity index is 842. The minimum absolute atomic E-state index is 0.234. The van der Waals surface area contributed by atoms with Gasteiger partial charge in [0.25, 0.3) is 5.91 Å². The fraction of sp³-hybridized carbons (Fsp3) is 0.391. The van der Waals surface area contributed by atoms with Crippen LogP contribution in [0.25, 0.3) is 0 Å². The van der Waals surface area contributed by atoms with Crippen molar-refractivity contribution in [2.75, 3.05) is 36.5 Å². The molecule has 1 aliphatic rings. The van der Waals surface area contributed by atoms with Crippen LogP contribution in [0.15, 0.2) is 42.5 Å². The molecule has 1 N–H and O–H groups in total. The van der Waals surface area contributed by atoms with Crippen LogP contribution in [0, 0.1) is 13.8 Å². The summed E-state index contributed by atoms with van der Waals surface area (Å²) in [6, 6.07) is 13.5. The summed E-state index contributed by atoms with van der Waals surface area (Å²) in [7, 11) is 0. The SMILES string of the molecule is Cc1ccc(C)c(OCC(=O)OCC(=O)Nc2ccc(N3CCCCC3)cc2)c1. The van der Waals surface area contributed by atoms with Crippen molar-refractivity contribution in [1.29, 1.82) is 0 Å². The third-order valence-electron chi connectivity index (χ3n) is 4.93. The summed E-state index contributed by atoms with van der Waals surface area (Å²) < 4.78 is 10.5. The Morgan fingerprint density at radius 1 is 0.966 bits per heavy atom. The quantitative estimate of drug-likeness (QED) is 0.720. The molecule has 1 aliphatic heterocycles. The van der Waals surface area contributed by atoms with Crippen molar-refractivity contribution >= 4 is 23.3 Å². The molecule has 2 aromatic rings. The molecule has 1 heterocycles. The molecule has 1 saturated heterocycles. The van der Waals surface area contributed by atoms with Crippen molar-refractivity contribution in [3.8, 4) is 5.75 Å². The third-order valence-corrected chi connectivity index (χ3v) is 4.93.